The van der Waals surface area contributed by atoms with Crippen LogP contribution >= 0.6 is 23.2 Å². The van der Waals surface area contributed by atoms with Gasteiger partial charge in [0.05, 0.1) is 28.3 Å². The third-order valence-corrected chi connectivity index (χ3v) is 6.74. The fraction of sp³-hybridized carbons (Fsp3) is 0.241. The van der Waals surface area contributed by atoms with Gasteiger partial charge in [-0.2, -0.15) is 0 Å². The Balaban J connectivity index is 1.88. The SMILES string of the molecule is Cc1cccc(N2C(=O)C(=O)/C(=C(\O)c3ccc(OCC(C)C)c(C)c3)C2c2ccc(Cl)c(Cl)c2)c1. The number of nitrogens with zero attached hydrogens (tertiary/aromatic N) is 1. The number of ether oxygens (including phenoxy) is 1. The minimum atomic E-state index is -0.890. The van der Waals surface area contributed by atoms with Crippen LogP contribution in [0, 0.1) is 19.8 Å². The van der Waals surface area contributed by atoms with Gasteiger partial charge in [0.1, 0.15) is 11.5 Å². The molecule has 1 heterocycles. The Morgan fingerprint density at radius 1 is 1.00 bits per heavy atom. The molecule has 1 saturated heterocycles. The van der Waals surface area contributed by atoms with Crippen LogP contribution in [0.5, 0.6) is 5.75 Å². The van der Waals surface area contributed by atoms with Crippen LogP contribution in [-0.4, -0.2) is 23.4 Å². The van der Waals surface area contributed by atoms with E-state index in [4.69, 9.17) is 27.9 Å². The molecule has 3 aromatic rings. The lowest BCUT2D eigenvalue weighted by Crippen LogP contribution is -2.29. The number of aliphatic hydroxyl groups is 1. The first kappa shape index (κ1) is 25.8. The molecular formula is C29H27Cl2NO4. The Kier molecular flexibility index (Phi) is 7.43. The molecule has 4 rings (SSSR count). The lowest BCUT2D eigenvalue weighted by molar-refractivity contribution is -0.132. The van der Waals surface area contributed by atoms with Crippen LogP contribution in [0.2, 0.25) is 10.0 Å². The first-order valence-corrected chi connectivity index (χ1v) is 12.4. The van der Waals surface area contributed by atoms with Gasteiger partial charge in [0.25, 0.3) is 11.7 Å². The number of anilines is 1. The van der Waals surface area contributed by atoms with Gasteiger partial charge >= 0.3 is 0 Å². The van der Waals surface area contributed by atoms with Crippen molar-refractivity contribution in [2.75, 3.05) is 11.5 Å². The monoisotopic (exact) mass is 523 g/mol. The van der Waals surface area contributed by atoms with Crippen molar-refractivity contribution in [2.24, 2.45) is 5.92 Å². The molecule has 186 valence electrons. The zero-order valence-electron chi connectivity index (χ0n) is 20.5. The van der Waals surface area contributed by atoms with E-state index in [1.165, 1.54) is 4.90 Å². The number of amides is 1. The summed E-state index contributed by atoms with van der Waals surface area (Å²) in [7, 11) is 0. The summed E-state index contributed by atoms with van der Waals surface area (Å²) in [4.78, 5) is 28.1. The van der Waals surface area contributed by atoms with Crippen molar-refractivity contribution < 1.29 is 19.4 Å². The minimum absolute atomic E-state index is 0.0184. The van der Waals surface area contributed by atoms with Crippen LogP contribution < -0.4 is 9.64 Å². The summed E-state index contributed by atoms with van der Waals surface area (Å²) >= 11 is 12.4. The van der Waals surface area contributed by atoms with E-state index in [1.807, 2.05) is 32.0 Å². The molecule has 36 heavy (non-hydrogen) atoms. The molecule has 0 aromatic heterocycles. The standard InChI is InChI=1S/C29H27Cl2NO4/c1-16(2)15-36-24-11-9-20(13-18(24)4)27(33)25-26(19-8-10-22(30)23(31)14-19)32(29(35)28(25)34)21-7-5-6-17(3)12-21/h5-14,16,26,33H,15H2,1-4H3/b27-25-. The van der Waals surface area contributed by atoms with Gasteiger partial charge < -0.3 is 9.84 Å². The molecule has 0 spiro atoms. The molecule has 7 heteroatoms. The number of carbonyl (C=O) groups excluding carboxylic acids is 2. The van der Waals surface area contributed by atoms with Gasteiger partial charge in [-0.05, 0) is 78.9 Å². The summed E-state index contributed by atoms with van der Waals surface area (Å²) in [5.74, 6) is -0.712. The minimum Gasteiger partial charge on any atom is -0.507 e. The number of aliphatic hydroxyl groups excluding tert-OH is 1. The van der Waals surface area contributed by atoms with Crippen molar-refractivity contribution in [3.8, 4) is 5.75 Å². The number of Topliss-reactive ketones (excluding diaryl/α,β-unsaturated/α-hetero) is 1. The van der Waals surface area contributed by atoms with Crippen LogP contribution in [0.15, 0.2) is 66.2 Å². The van der Waals surface area contributed by atoms with Crippen LogP contribution in [0.1, 0.15) is 42.1 Å². The highest BCUT2D eigenvalue weighted by atomic mass is 35.5. The van der Waals surface area contributed by atoms with Gasteiger partial charge in [-0.1, -0.05) is 55.2 Å². The predicted molar refractivity (Wildman–Crippen MR) is 144 cm³/mol. The van der Waals surface area contributed by atoms with Gasteiger partial charge in [0.2, 0.25) is 0 Å². The van der Waals surface area contributed by atoms with Crippen LogP contribution in [0.25, 0.3) is 5.76 Å². The van der Waals surface area contributed by atoms with E-state index >= 15 is 0 Å². The van der Waals surface area contributed by atoms with Crippen molar-refractivity contribution in [1.29, 1.82) is 0 Å². The molecule has 1 N–H and O–H groups in total. The second-order valence-corrected chi connectivity index (χ2v) is 10.2. The van der Waals surface area contributed by atoms with Gasteiger partial charge in [-0.15, -0.1) is 0 Å². The number of hydrogen-bond donors (Lipinski definition) is 1. The molecule has 0 bridgehead atoms. The fourth-order valence-corrected chi connectivity index (χ4v) is 4.55. The second kappa shape index (κ2) is 10.4. The highest BCUT2D eigenvalue weighted by molar-refractivity contribution is 6.51. The summed E-state index contributed by atoms with van der Waals surface area (Å²) < 4.78 is 5.84. The average Bonchev–Trinajstić information content (AvgIpc) is 3.10. The van der Waals surface area contributed by atoms with E-state index in [1.54, 1.807) is 42.5 Å². The Bertz CT molecular complexity index is 1380. The summed E-state index contributed by atoms with van der Waals surface area (Å²) in [5.41, 5.74) is 3.22. The quantitative estimate of drug-likeness (QED) is 0.209. The maximum atomic E-state index is 13.4. The second-order valence-electron chi connectivity index (χ2n) is 9.37. The number of halogens is 2. The number of aryl methyl sites for hydroxylation is 2. The molecule has 0 aliphatic carbocycles. The molecule has 5 nitrogen and oxygen atoms in total. The summed E-state index contributed by atoms with van der Waals surface area (Å²) in [6.45, 7) is 8.46. The lowest BCUT2D eigenvalue weighted by Gasteiger charge is -2.26. The van der Waals surface area contributed by atoms with Gasteiger partial charge in [0.15, 0.2) is 0 Å². The smallest absolute Gasteiger partial charge is 0.300 e. The number of rotatable bonds is 6. The van der Waals surface area contributed by atoms with E-state index in [0.717, 1.165) is 11.1 Å². The maximum Gasteiger partial charge on any atom is 0.300 e. The Hall–Kier alpha value is -3.28. The van der Waals surface area contributed by atoms with E-state index in [-0.39, 0.29) is 16.4 Å². The van der Waals surface area contributed by atoms with Crippen LogP contribution in [0.4, 0.5) is 5.69 Å². The van der Waals surface area contributed by atoms with Crippen molar-refractivity contribution in [2.45, 2.75) is 33.7 Å². The summed E-state index contributed by atoms with van der Waals surface area (Å²) in [6, 6.07) is 16.5. The molecular weight excluding hydrogens is 497 g/mol. The Labute approximate surface area is 220 Å². The zero-order valence-corrected chi connectivity index (χ0v) is 22.0. The van der Waals surface area contributed by atoms with Gasteiger partial charge in [-0.3, -0.25) is 14.5 Å². The predicted octanol–water partition coefficient (Wildman–Crippen LogP) is 7.27. The third kappa shape index (κ3) is 4.99. The van der Waals surface area contributed by atoms with Crippen LogP contribution in [0.3, 0.4) is 0 Å². The number of carbonyl (C=O) groups is 2. The fourth-order valence-electron chi connectivity index (χ4n) is 4.25. The maximum absolute atomic E-state index is 13.4. The molecule has 1 atom stereocenters. The molecule has 1 amide bonds. The molecule has 1 unspecified atom stereocenters. The number of benzene rings is 3. The Morgan fingerprint density at radius 3 is 2.39 bits per heavy atom. The topological polar surface area (TPSA) is 66.8 Å². The molecule has 0 saturated carbocycles. The van der Waals surface area contributed by atoms with Crippen LogP contribution in [-0.2, 0) is 9.59 Å². The highest BCUT2D eigenvalue weighted by Gasteiger charge is 2.47. The first-order valence-electron chi connectivity index (χ1n) is 11.6. The summed E-state index contributed by atoms with van der Waals surface area (Å²) in [6.07, 6.45) is 0. The largest absolute Gasteiger partial charge is 0.507 e. The number of ketones is 1. The van der Waals surface area contributed by atoms with Gasteiger partial charge in [0, 0.05) is 11.3 Å². The van der Waals surface area contributed by atoms with Crippen molar-refractivity contribution in [3.05, 3.63) is 98.5 Å². The first-order chi connectivity index (χ1) is 17.1. The van der Waals surface area contributed by atoms with E-state index in [0.29, 0.717) is 40.1 Å². The summed E-state index contributed by atoms with van der Waals surface area (Å²) in [5, 5.41) is 12.0. The van der Waals surface area contributed by atoms with Crippen molar-refractivity contribution in [1.82, 2.24) is 0 Å². The van der Waals surface area contributed by atoms with Crippen molar-refractivity contribution >= 4 is 46.3 Å². The Morgan fingerprint density at radius 2 is 1.75 bits per heavy atom. The lowest BCUT2D eigenvalue weighted by atomic mass is 9.94. The normalized spacial score (nSPS) is 17.2. The molecule has 1 fully saturated rings. The molecule has 0 radical (unpaired) electrons. The van der Waals surface area contributed by atoms with Gasteiger partial charge in [-0.25, -0.2) is 0 Å². The molecule has 1 aliphatic rings. The highest BCUT2D eigenvalue weighted by Crippen LogP contribution is 2.43. The molecule has 3 aromatic carbocycles. The third-order valence-electron chi connectivity index (χ3n) is 6.00. The van der Waals surface area contributed by atoms with E-state index < -0.39 is 17.7 Å². The molecule has 1 aliphatic heterocycles. The number of hydrogen-bond acceptors (Lipinski definition) is 4. The van der Waals surface area contributed by atoms with E-state index in [9.17, 15) is 14.7 Å². The average molecular weight is 524 g/mol. The van der Waals surface area contributed by atoms with Crippen molar-refractivity contribution in [3.63, 3.8) is 0 Å². The van der Waals surface area contributed by atoms with E-state index in [2.05, 4.69) is 13.8 Å². The zero-order chi connectivity index (χ0) is 26.1.